The molecular formula is C14H17N3O2S. The molecule has 0 radical (unpaired) electrons. The first-order valence-corrected chi connectivity index (χ1v) is 8.36. The maximum absolute atomic E-state index is 12.0. The van der Waals surface area contributed by atoms with E-state index in [-0.39, 0.29) is 5.75 Å². The highest BCUT2D eigenvalue weighted by atomic mass is 32.2. The predicted molar refractivity (Wildman–Crippen MR) is 80.2 cm³/mol. The molecule has 1 aromatic carbocycles. The quantitative estimate of drug-likeness (QED) is 0.850. The van der Waals surface area contributed by atoms with Gasteiger partial charge in [-0.05, 0) is 25.0 Å². The minimum atomic E-state index is -3.32. The van der Waals surface area contributed by atoms with E-state index < -0.39 is 10.0 Å². The molecule has 0 amide bonds. The van der Waals surface area contributed by atoms with Crippen LogP contribution in [0.15, 0.2) is 36.5 Å². The summed E-state index contributed by atoms with van der Waals surface area (Å²) in [6.45, 7) is 0.487. The Morgan fingerprint density at radius 3 is 2.85 bits per heavy atom. The Hall–Kier alpha value is -1.66. The number of pyridine rings is 1. The van der Waals surface area contributed by atoms with Crippen LogP contribution in [0.5, 0.6) is 0 Å². The summed E-state index contributed by atoms with van der Waals surface area (Å²) in [5.41, 5.74) is 1.36. The first kappa shape index (κ1) is 13.3. The first-order chi connectivity index (χ1) is 9.62. The van der Waals surface area contributed by atoms with Gasteiger partial charge < -0.3 is 5.32 Å². The Bertz CT molecular complexity index is 711. The van der Waals surface area contributed by atoms with Gasteiger partial charge in [-0.3, -0.25) is 9.71 Å². The highest BCUT2D eigenvalue weighted by molar-refractivity contribution is 7.92. The number of aromatic nitrogens is 1. The van der Waals surface area contributed by atoms with Gasteiger partial charge in [-0.25, -0.2) is 8.42 Å². The van der Waals surface area contributed by atoms with Crippen LogP contribution in [0.25, 0.3) is 10.9 Å². The van der Waals surface area contributed by atoms with E-state index in [9.17, 15) is 8.42 Å². The lowest BCUT2D eigenvalue weighted by Crippen LogP contribution is -2.28. The third-order valence-corrected chi connectivity index (χ3v) is 4.53. The second-order valence-corrected chi connectivity index (χ2v) is 6.91. The Morgan fingerprint density at radius 2 is 2.05 bits per heavy atom. The summed E-state index contributed by atoms with van der Waals surface area (Å²) < 4.78 is 26.5. The van der Waals surface area contributed by atoms with Crippen LogP contribution >= 0.6 is 0 Å². The smallest absolute Gasteiger partial charge is 0.234 e. The van der Waals surface area contributed by atoms with Gasteiger partial charge in [0.15, 0.2) is 0 Å². The van der Waals surface area contributed by atoms with Crippen molar-refractivity contribution in [2.45, 2.75) is 18.9 Å². The van der Waals surface area contributed by atoms with Gasteiger partial charge in [0, 0.05) is 18.0 Å². The summed E-state index contributed by atoms with van der Waals surface area (Å²) in [6.07, 6.45) is 3.86. The van der Waals surface area contributed by atoms with Crippen molar-refractivity contribution in [2.24, 2.45) is 0 Å². The van der Waals surface area contributed by atoms with E-state index in [1.54, 1.807) is 12.3 Å². The highest BCUT2D eigenvalue weighted by Crippen LogP contribution is 2.19. The van der Waals surface area contributed by atoms with Crippen LogP contribution in [0.4, 0.5) is 5.69 Å². The minimum Gasteiger partial charge on any atom is -0.313 e. The normalized spacial score (nSPS) is 15.4. The molecule has 0 atom stereocenters. The molecule has 0 saturated heterocycles. The summed E-state index contributed by atoms with van der Waals surface area (Å²) in [6, 6.07) is 9.94. The van der Waals surface area contributed by atoms with E-state index in [1.807, 2.05) is 24.3 Å². The molecule has 1 aliphatic carbocycles. The molecular weight excluding hydrogens is 274 g/mol. The zero-order chi connectivity index (χ0) is 14.0. The van der Waals surface area contributed by atoms with E-state index >= 15 is 0 Å². The van der Waals surface area contributed by atoms with Crippen molar-refractivity contribution in [1.29, 1.82) is 0 Å². The molecule has 20 heavy (non-hydrogen) atoms. The van der Waals surface area contributed by atoms with Crippen molar-refractivity contribution in [3.05, 3.63) is 36.5 Å². The summed E-state index contributed by atoms with van der Waals surface area (Å²) >= 11 is 0. The Kier molecular flexibility index (Phi) is 3.58. The molecule has 3 rings (SSSR count). The third-order valence-electron chi connectivity index (χ3n) is 3.24. The van der Waals surface area contributed by atoms with E-state index in [4.69, 9.17) is 0 Å². The zero-order valence-corrected chi connectivity index (χ0v) is 11.9. The van der Waals surface area contributed by atoms with Gasteiger partial charge in [0.2, 0.25) is 10.0 Å². The van der Waals surface area contributed by atoms with Crippen LogP contribution in [0, 0.1) is 0 Å². The standard InChI is InChI=1S/C14H17N3O2S/c18-20(19,8-7-15-12-5-6-12)17-13-9-11-3-1-2-4-14(11)16-10-13/h1-4,9-10,12,15,17H,5-8H2. The van der Waals surface area contributed by atoms with Gasteiger partial charge in [0.1, 0.15) is 0 Å². The van der Waals surface area contributed by atoms with Crippen molar-refractivity contribution < 1.29 is 8.42 Å². The average molecular weight is 291 g/mol. The summed E-state index contributed by atoms with van der Waals surface area (Å²) in [5, 5.41) is 4.11. The Labute approximate surface area is 118 Å². The number of nitrogens with one attached hydrogen (secondary N) is 2. The van der Waals surface area contributed by atoms with Crippen LogP contribution in [0.3, 0.4) is 0 Å². The van der Waals surface area contributed by atoms with Crippen LogP contribution in [0.1, 0.15) is 12.8 Å². The molecule has 6 heteroatoms. The van der Waals surface area contributed by atoms with Crippen molar-refractivity contribution in [3.63, 3.8) is 0 Å². The van der Waals surface area contributed by atoms with Crippen molar-refractivity contribution in [1.82, 2.24) is 10.3 Å². The maximum Gasteiger partial charge on any atom is 0.234 e. The molecule has 1 fully saturated rings. The maximum atomic E-state index is 12.0. The van der Waals surface area contributed by atoms with Crippen molar-refractivity contribution in [2.75, 3.05) is 17.0 Å². The Morgan fingerprint density at radius 1 is 1.25 bits per heavy atom. The van der Waals surface area contributed by atoms with Gasteiger partial charge in [-0.2, -0.15) is 0 Å². The number of anilines is 1. The number of para-hydroxylation sites is 1. The summed E-state index contributed by atoms with van der Waals surface area (Å²) in [4.78, 5) is 4.24. The second kappa shape index (κ2) is 5.38. The number of sulfonamides is 1. The molecule has 0 aliphatic heterocycles. The largest absolute Gasteiger partial charge is 0.313 e. The predicted octanol–water partition coefficient (Wildman–Crippen LogP) is 1.73. The number of hydrogen-bond donors (Lipinski definition) is 2. The number of hydrogen-bond acceptors (Lipinski definition) is 4. The van der Waals surface area contributed by atoms with Gasteiger partial charge in [0.05, 0.1) is 23.2 Å². The molecule has 2 N–H and O–H groups in total. The lowest BCUT2D eigenvalue weighted by atomic mass is 10.2. The topological polar surface area (TPSA) is 71.1 Å². The van der Waals surface area contributed by atoms with E-state index in [0.717, 1.165) is 23.7 Å². The van der Waals surface area contributed by atoms with E-state index in [1.165, 1.54) is 0 Å². The summed E-state index contributed by atoms with van der Waals surface area (Å²) in [7, 11) is -3.32. The molecule has 5 nitrogen and oxygen atoms in total. The molecule has 0 unspecified atom stereocenters. The average Bonchev–Trinajstić information content (AvgIpc) is 3.22. The summed E-state index contributed by atoms with van der Waals surface area (Å²) in [5.74, 6) is 0.0797. The molecule has 0 spiro atoms. The van der Waals surface area contributed by atoms with Gasteiger partial charge in [0.25, 0.3) is 0 Å². The van der Waals surface area contributed by atoms with Crippen molar-refractivity contribution in [3.8, 4) is 0 Å². The van der Waals surface area contributed by atoms with Crippen LogP contribution in [0.2, 0.25) is 0 Å². The van der Waals surface area contributed by atoms with Gasteiger partial charge in [-0.15, -0.1) is 0 Å². The molecule has 0 bridgehead atoms. The van der Waals surface area contributed by atoms with Crippen LogP contribution in [-0.2, 0) is 10.0 Å². The molecule has 1 heterocycles. The zero-order valence-electron chi connectivity index (χ0n) is 11.0. The van der Waals surface area contributed by atoms with Gasteiger partial charge in [-0.1, -0.05) is 18.2 Å². The van der Waals surface area contributed by atoms with Crippen LogP contribution in [-0.4, -0.2) is 31.7 Å². The lowest BCUT2D eigenvalue weighted by molar-refractivity contribution is 0.595. The molecule has 106 valence electrons. The molecule has 1 aliphatic rings. The number of rotatable bonds is 6. The Balaban J connectivity index is 1.67. The number of nitrogens with zero attached hydrogens (tertiary/aromatic N) is 1. The molecule has 2 aromatic rings. The lowest BCUT2D eigenvalue weighted by Gasteiger charge is -2.09. The fraction of sp³-hybridized carbons (Fsp3) is 0.357. The minimum absolute atomic E-state index is 0.0797. The fourth-order valence-corrected chi connectivity index (χ4v) is 3.00. The van der Waals surface area contributed by atoms with Crippen molar-refractivity contribution >= 4 is 26.6 Å². The fourth-order valence-electron chi connectivity index (χ4n) is 2.04. The second-order valence-electron chi connectivity index (χ2n) is 5.07. The van der Waals surface area contributed by atoms with E-state index in [0.29, 0.717) is 18.3 Å². The number of fused-ring (bicyclic) bond motifs is 1. The molecule has 1 saturated carbocycles. The van der Waals surface area contributed by atoms with Crippen LogP contribution < -0.4 is 10.0 Å². The number of benzene rings is 1. The first-order valence-electron chi connectivity index (χ1n) is 6.71. The monoisotopic (exact) mass is 291 g/mol. The highest BCUT2D eigenvalue weighted by Gasteiger charge is 2.21. The third kappa shape index (κ3) is 3.46. The van der Waals surface area contributed by atoms with E-state index in [2.05, 4.69) is 15.0 Å². The SMILES string of the molecule is O=S(=O)(CCNC1CC1)Nc1cnc2ccccc2c1. The molecule has 1 aromatic heterocycles. The van der Waals surface area contributed by atoms with Gasteiger partial charge >= 0.3 is 0 Å².